The molecule has 2 aliphatic rings. The number of halogens is 2. The van der Waals surface area contributed by atoms with Crippen LogP contribution in [0.15, 0.2) is 0 Å². The van der Waals surface area contributed by atoms with Crippen molar-refractivity contribution in [3.63, 3.8) is 0 Å². The molecule has 2 heterocycles. The molecule has 24 heavy (non-hydrogen) atoms. The van der Waals surface area contributed by atoms with Crippen molar-refractivity contribution < 1.29 is 4.79 Å². The van der Waals surface area contributed by atoms with Crippen LogP contribution < -0.4 is 10.6 Å². The minimum Gasteiger partial charge on any atom is -0.343 e. The van der Waals surface area contributed by atoms with Crippen LogP contribution in [-0.2, 0) is 11.2 Å². The number of rotatable bonds is 4. The van der Waals surface area contributed by atoms with Gasteiger partial charge in [-0.2, -0.15) is 4.37 Å². The Bertz CT molecular complexity index is 522. The molecule has 9 heteroatoms. The van der Waals surface area contributed by atoms with Gasteiger partial charge in [-0.3, -0.25) is 4.79 Å². The molecule has 0 radical (unpaired) electrons. The summed E-state index contributed by atoms with van der Waals surface area (Å²) >= 11 is 1.46. The Morgan fingerprint density at radius 2 is 1.96 bits per heavy atom. The summed E-state index contributed by atoms with van der Waals surface area (Å²) in [4.78, 5) is 21.5. The fourth-order valence-corrected chi connectivity index (χ4v) is 4.31. The zero-order chi connectivity index (χ0) is 15.5. The average Bonchev–Trinajstić information content (AvgIpc) is 3.23. The van der Waals surface area contributed by atoms with Crippen molar-refractivity contribution >= 4 is 47.4 Å². The van der Waals surface area contributed by atoms with Gasteiger partial charge in [0.05, 0.1) is 0 Å². The molecule has 2 atom stereocenters. The van der Waals surface area contributed by atoms with Crippen molar-refractivity contribution in [2.24, 2.45) is 17.6 Å². The Labute approximate surface area is 160 Å². The fraction of sp³-hybridized carbons (Fsp3) is 0.800. The van der Waals surface area contributed by atoms with Gasteiger partial charge in [-0.25, -0.2) is 4.98 Å². The van der Waals surface area contributed by atoms with Crippen LogP contribution in [0.4, 0.5) is 5.13 Å². The Kier molecular flexibility index (Phi) is 8.70. The predicted molar refractivity (Wildman–Crippen MR) is 102 cm³/mol. The van der Waals surface area contributed by atoms with E-state index in [1.54, 1.807) is 0 Å². The lowest BCUT2D eigenvalue weighted by Gasteiger charge is -2.36. The molecule has 1 aromatic rings. The zero-order valence-electron chi connectivity index (χ0n) is 14.0. The van der Waals surface area contributed by atoms with Crippen molar-refractivity contribution in [3.8, 4) is 0 Å². The molecule has 1 saturated heterocycles. The summed E-state index contributed by atoms with van der Waals surface area (Å²) in [5, 5.41) is 0.990. The van der Waals surface area contributed by atoms with E-state index < -0.39 is 0 Å². The number of anilines is 1. The van der Waals surface area contributed by atoms with Crippen LogP contribution >= 0.6 is 36.3 Å². The summed E-state index contributed by atoms with van der Waals surface area (Å²) in [7, 11) is 0. The van der Waals surface area contributed by atoms with Crippen LogP contribution in [-0.4, -0.2) is 52.9 Å². The Morgan fingerprint density at radius 1 is 1.25 bits per heavy atom. The van der Waals surface area contributed by atoms with E-state index in [-0.39, 0.29) is 30.7 Å². The van der Waals surface area contributed by atoms with E-state index >= 15 is 0 Å². The molecule has 1 aromatic heterocycles. The number of nitrogens with zero attached hydrogens (tertiary/aromatic N) is 4. The van der Waals surface area contributed by atoms with Gasteiger partial charge < -0.3 is 15.5 Å². The molecule has 138 valence electrons. The van der Waals surface area contributed by atoms with Gasteiger partial charge in [0, 0.05) is 50.1 Å². The maximum atomic E-state index is 12.7. The lowest BCUT2D eigenvalue weighted by Crippen LogP contribution is -2.51. The van der Waals surface area contributed by atoms with Crippen LogP contribution in [0.25, 0.3) is 0 Å². The number of hydrogen-bond donors (Lipinski definition) is 1. The molecular formula is C15H27Cl2N5OS. The van der Waals surface area contributed by atoms with E-state index in [0.29, 0.717) is 18.4 Å². The van der Waals surface area contributed by atoms with Crippen LogP contribution in [0.1, 0.15) is 32.0 Å². The number of aryl methyl sites for hydroxylation is 1. The lowest BCUT2D eigenvalue weighted by molar-refractivity contribution is -0.136. The molecule has 0 aromatic carbocycles. The maximum Gasteiger partial charge on any atom is 0.226 e. The number of nitrogens with two attached hydrogens (primary N) is 1. The topological polar surface area (TPSA) is 75.4 Å². The number of carbonyl (C=O) groups excluding carboxylic acids is 1. The summed E-state index contributed by atoms with van der Waals surface area (Å²) in [6.07, 6.45) is 4.13. The van der Waals surface area contributed by atoms with Crippen molar-refractivity contribution in [2.45, 2.75) is 32.6 Å². The molecule has 2 N–H and O–H groups in total. The average molecular weight is 396 g/mol. The molecule has 3 rings (SSSR count). The van der Waals surface area contributed by atoms with E-state index in [2.05, 4.69) is 21.2 Å². The fourth-order valence-electron chi connectivity index (χ4n) is 3.51. The molecule has 0 spiro atoms. The van der Waals surface area contributed by atoms with Gasteiger partial charge in [-0.1, -0.05) is 13.3 Å². The lowest BCUT2D eigenvalue weighted by atomic mass is 9.94. The summed E-state index contributed by atoms with van der Waals surface area (Å²) < 4.78 is 4.34. The third-order valence-corrected chi connectivity index (χ3v) is 5.73. The molecule has 1 aliphatic heterocycles. The highest BCUT2D eigenvalue weighted by Crippen LogP contribution is 2.32. The van der Waals surface area contributed by atoms with E-state index in [1.807, 2.05) is 4.90 Å². The maximum absolute atomic E-state index is 12.7. The first-order chi connectivity index (χ1) is 10.7. The third kappa shape index (κ3) is 4.50. The van der Waals surface area contributed by atoms with Gasteiger partial charge >= 0.3 is 0 Å². The number of piperazine rings is 1. The molecule has 1 aliphatic carbocycles. The second-order valence-electron chi connectivity index (χ2n) is 6.19. The Balaban J connectivity index is 0.00000144. The zero-order valence-corrected chi connectivity index (χ0v) is 16.5. The second kappa shape index (κ2) is 9.75. The monoisotopic (exact) mass is 395 g/mol. The van der Waals surface area contributed by atoms with Gasteiger partial charge in [0.2, 0.25) is 11.0 Å². The molecular weight excluding hydrogens is 369 g/mol. The SMILES string of the molecule is CCc1nsc(N2CCN(C(=O)[C@@H]3CCC[C@@H]3CN)CC2)n1.Cl.Cl. The van der Waals surface area contributed by atoms with Crippen molar-refractivity contribution in [3.05, 3.63) is 5.82 Å². The van der Waals surface area contributed by atoms with Crippen LogP contribution in [0.5, 0.6) is 0 Å². The number of hydrogen-bond acceptors (Lipinski definition) is 6. The Morgan fingerprint density at radius 3 is 2.54 bits per heavy atom. The third-order valence-electron chi connectivity index (χ3n) is 4.91. The normalized spacial score (nSPS) is 23.6. The van der Waals surface area contributed by atoms with Crippen LogP contribution in [0.3, 0.4) is 0 Å². The van der Waals surface area contributed by atoms with Crippen molar-refractivity contribution in [2.75, 3.05) is 37.6 Å². The highest BCUT2D eigenvalue weighted by atomic mass is 35.5. The first kappa shape index (κ1) is 21.4. The largest absolute Gasteiger partial charge is 0.343 e. The molecule has 0 bridgehead atoms. The van der Waals surface area contributed by atoms with Gasteiger partial charge in [0.1, 0.15) is 5.82 Å². The number of aromatic nitrogens is 2. The van der Waals surface area contributed by atoms with Gasteiger partial charge in [-0.05, 0) is 25.3 Å². The standard InChI is InChI=1S/C15H25N5OS.2ClH/c1-2-13-17-15(22-18-13)20-8-6-19(7-9-20)14(21)12-5-3-4-11(12)10-16;;/h11-12H,2-10,16H2,1H3;2*1H/t11-,12-;;/m1../s1. The summed E-state index contributed by atoms with van der Waals surface area (Å²) in [6, 6.07) is 0. The van der Waals surface area contributed by atoms with Crippen molar-refractivity contribution in [1.29, 1.82) is 0 Å². The van der Waals surface area contributed by atoms with Crippen molar-refractivity contribution in [1.82, 2.24) is 14.3 Å². The van der Waals surface area contributed by atoms with E-state index in [0.717, 1.165) is 62.8 Å². The highest BCUT2D eigenvalue weighted by molar-refractivity contribution is 7.09. The van der Waals surface area contributed by atoms with Gasteiger partial charge in [-0.15, -0.1) is 24.8 Å². The minimum absolute atomic E-state index is 0. The molecule has 1 amide bonds. The van der Waals surface area contributed by atoms with E-state index in [9.17, 15) is 4.79 Å². The highest BCUT2D eigenvalue weighted by Gasteiger charge is 2.35. The van der Waals surface area contributed by atoms with Crippen LogP contribution in [0, 0.1) is 11.8 Å². The Hall–Kier alpha value is -0.630. The quantitative estimate of drug-likeness (QED) is 0.842. The summed E-state index contributed by atoms with van der Waals surface area (Å²) in [5.41, 5.74) is 5.81. The predicted octanol–water partition coefficient (Wildman–Crippen LogP) is 1.97. The van der Waals surface area contributed by atoms with Crippen LogP contribution in [0.2, 0.25) is 0 Å². The molecule has 0 unspecified atom stereocenters. The van der Waals surface area contributed by atoms with E-state index in [4.69, 9.17) is 5.73 Å². The number of amides is 1. The van der Waals surface area contributed by atoms with E-state index in [1.165, 1.54) is 11.5 Å². The summed E-state index contributed by atoms with van der Waals surface area (Å²) in [6.45, 7) is 5.98. The van der Waals surface area contributed by atoms with Gasteiger partial charge in [0.15, 0.2) is 0 Å². The molecule has 6 nitrogen and oxygen atoms in total. The minimum atomic E-state index is 0. The smallest absolute Gasteiger partial charge is 0.226 e. The number of carbonyl (C=O) groups is 1. The molecule has 2 fully saturated rings. The first-order valence-corrected chi connectivity index (χ1v) is 9.06. The second-order valence-corrected chi connectivity index (χ2v) is 6.92. The summed E-state index contributed by atoms with van der Waals surface area (Å²) in [5.74, 6) is 1.78. The first-order valence-electron chi connectivity index (χ1n) is 8.29. The molecule has 1 saturated carbocycles. The van der Waals surface area contributed by atoms with Gasteiger partial charge in [0.25, 0.3) is 0 Å².